The van der Waals surface area contributed by atoms with Gasteiger partial charge in [-0.25, -0.2) is 14.6 Å². The first-order valence-corrected chi connectivity index (χ1v) is 6.15. The number of aromatic nitrogens is 4. The number of nitrogens with one attached hydrogen (secondary N) is 1. The van der Waals surface area contributed by atoms with Gasteiger partial charge < -0.3 is 9.73 Å². The first-order valence-electron chi connectivity index (χ1n) is 6.15. The molecule has 7 heteroatoms. The molecule has 0 saturated heterocycles. The fraction of sp³-hybridized carbons (Fsp3) is 0. The van der Waals surface area contributed by atoms with Crippen molar-refractivity contribution in [2.24, 2.45) is 0 Å². The fourth-order valence-corrected chi connectivity index (χ4v) is 1.65. The number of rotatable bonds is 4. The van der Waals surface area contributed by atoms with Crippen molar-refractivity contribution in [2.45, 2.75) is 0 Å². The van der Waals surface area contributed by atoms with Crippen molar-refractivity contribution >= 4 is 17.7 Å². The zero-order valence-electron chi connectivity index (χ0n) is 10.9. The van der Waals surface area contributed by atoms with Crippen LogP contribution in [-0.2, 0) is 4.79 Å². The minimum absolute atomic E-state index is 0.262. The Morgan fingerprint density at radius 1 is 1.33 bits per heavy atom. The molecule has 3 aromatic heterocycles. The number of amides is 1. The largest absolute Gasteiger partial charge is 0.465 e. The molecule has 0 aromatic carbocycles. The molecule has 0 radical (unpaired) electrons. The van der Waals surface area contributed by atoms with E-state index in [2.05, 4.69) is 20.4 Å². The van der Waals surface area contributed by atoms with Gasteiger partial charge in [0.25, 0.3) is 0 Å². The summed E-state index contributed by atoms with van der Waals surface area (Å²) in [6.45, 7) is 0. The lowest BCUT2D eigenvalue weighted by molar-refractivity contribution is -0.111. The second-order valence-corrected chi connectivity index (χ2v) is 4.08. The Morgan fingerprint density at radius 3 is 2.95 bits per heavy atom. The van der Waals surface area contributed by atoms with Crippen molar-refractivity contribution in [3.8, 4) is 5.82 Å². The molecule has 0 unspecified atom stereocenters. The summed E-state index contributed by atoms with van der Waals surface area (Å²) in [6, 6.07) is 6.99. The van der Waals surface area contributed by atoms with Crippen LogP contribution in [0.1, 0.15) is 5.76 Å². The highest BCUT2D eigenvalue weighted by Crippen LogP contribution is 2.09. The van der Waals surface area contributed by atoms with E-state index in [-0.39, 0.29) is 5.91 Å². The predicted molar refractivity (Wildman–Crippen MR) is 75.5 cm³/mol. The van der Waals surface area contributed by atoms with Gasteiger partial charge in [0.15, 0.2) is 5.82 Å². The lowest BCUT2D eigenvalue weighted by Gasteiger charge is -2.03. The molecule has 0 aliphatic rings. The van der Waals surface area contributed by atoms with E-state index in [4.69, 9.17) is 4.42 Å². The van der Waals surface area contributed by atoms with E-state index in [0.29, 0.717) is 17.3 Å². The van der Waals surface area contributed by atoms with Gasteiger partial charge >= 0.3 is 0 Å². The molecule has 21 heavy (non-hydrogen) atoms. The van der Waals surface area contributed by atoms with E-state index in [0.717, 1.165) is 0 Å². The Bertz CT molecular complexity index is 730. The third-order valence-corrected chi connectivity index (χ3v) is 2.61. The van der Waals surface area contributed by atoms with Gasteiger partial charge in [-0.1, -0.05) is 0 Å². The molecule has 3 rings (SSSR count). The quantitative estimate of drug-likeness (QED) is 0.738. The number of carbonyl (C=O) groups excluding carboxylic acids is 1. The van der Waals surface area contributed by atoms with Gasteiger partial charge in [0.2, 0.25) is 5.91 Å². The molecule has 0 aliphatic carbocycles. The van der Waals surface area contributed by atoms with E-state index in [9.17, 15) is 4.79 Å². The Hall–Kier alpha value is -3.22. The maximum Gasteiger partial charge on any atom is 0.248 e. The van der Waals surface area contributed by atoms with E-state index in [1.54, 1.807) is 49.1 Å². The van der Waals surface area contributed by atoms with Crippen LogP contribution >= 0.6 is 0 Å². The van der Waals surface area contributed by atoms with Crippen LogP contribution < -0.4 is 5.32 Å². The van der Waals surface area contributed by atoms with Crippen LogP contribution in [0.5, 0.6) is 0 Å². The van der Waals surface area contributed by atoms with Gasteiger partial charge in [-0.05, 0) is 30.3 Å². The van der Waals surface area contributed by atoms with Gasteiger partial charge in [0.05, 0.1) is 18.1 Å². The van der Waals surface area contributed by atoms with Crippen LogP contribution in [0.2, 0.25) is 0 Å². The van der Waals surface area contributed by atoms with Crippen molar-refractivity contribution in [2.75, 3.05) is 5.32 Å². The third-order valence-electron chi connectivity index (χ3n) is 2.61. The summed E-state index contributed by atoms with van der Waals surface area (Å²) in [6.07, 6.45) is 9.06. The van der Waals surface area contributed by atoms with Gasteiger partial charge in [-0.2, -0.15) is 5.10 Å². The molecule has 0 saturated carbocycles. The van der Waals surface area contributed by atoms with Crippen LogP contribution in [0.25, 0.3) is 11.9 Å². The Labute approximate surface area is 120 Å². The van der Waals surface area contributed by atoms with Crippen molar-refractivity contribution in [1.29, 1.82) is 0 Å². The zero-order valence-corrected chi connectivity index (χ0v) is 10.9. The highest BCUT2D eigenvalue weighted by molar-refractivity contribution is 6.01. The molecular formula is C14H11N5O2. The maximum atomic E-state index is 11.7. The molecule has 0 spiro atoms. The summed E-state index contributed by atoms with van der Waals surface area (Å²) in [4.78, 5) is 19.8. The Morgan fingerprint density at radius 2 is 2.29 bits per heavy atom. The molecule has 1 N–H and O–H groups in total. The van der Waals surface area contributed by atoms with E-state index in [1.165, 1.54) is 17.1 Å². The van der Waals surface area contributed by atoms with E-state index in [1.807, 2.05) is 0 Å². The average molecular weight is 281 g/mol. The average Bonchev–Trinajstić information content (AvgIpc) is 3.19. The van der Waals surface area contributed by atoms with Crippen molar-refractivity contribution in [3.05, 3.63) is 61.2 Å². The monoisotopic (exact) mass is 281 g/mol. The maximum absolute atomic E-state index is 11.7. The SMILES string of the molecule is O=C(C=Cc1ccco1)Nc1ccc(-n2cncn2)nc1. The molecule has 7 nitrogen and oxygen atoms in total. The standard InChI is InChI=1S/C14H11N5O2/c20-14(6-4-12-2-1-7-21-12)18-11-3-5-13(16-8-11)19-10-15-9-17-19/h1-10H,(H,18,20). The molecule has 3 heterocycles. The first-order chi connectivity index (χ1) is 10.3. The summed E-state index contributed by atoms with van der Waals surface area (Å²) >= 11 is 0. The minimum atomic E-state index is -0.262. The van der Waals surface area contributed by atoms with Crippen LogP contribution in [0, 0.1) is 0 Å². The van der Waals surface area contributed by atoms with Crippen molar-refractivity contribution in [1.82, 2.24) is 19.7 Å². The van der Waals surface area contributed by atoms with Crippen LogP contribution in [0.15, 0.2) is 59.9 Å². The number of hydrogen-bond donors (Lipinski definition) is 1. The normalized spacial score (nSPS) is 10.9. The summed E-state index contributed by atoms with van der Waals surface area (Å²) in [7, 11) is 0. The second kappa shape index (κ2) is 5.83. The molecule has 0 bridgehead atoms. The molecule has 0 atom stereocenters. The fourth-order valence-electron chi connectivity index (χ4n) is 1.65. The van der Waals surface area contributed by atoms with E-state index < -0.39 is 0 Å². The van der Waals surface area contributed by atoms with Gasteiger partial charge in [-0.3, -0.25) is 4.79 Å². The molecule has 0 fully saturated rings. The van der Waals surface area contributed by atoms with Crippen molar-refractivity contribution in [3.63, 3.8) is 0 Å². The van der Waals surface area contributed by atoms with Gasteiger partial charge in [-0.15, -0.1) is 0 Å². The topological polar surface area (TPSA) is 85.8 Å². The smallest absolute Gasteiger partial charge is 0.248 e. The zero-order chi connectivity index (χ0) is 14.5. The van der Waals surface area contributed by atoms with E-state index >= 15 is 0 Å². The number of carbonyl (C=O) groups is 1. The van der Waals surface area contributed by atoms with Crippen LogP contribution in [0.4, 0.5) is 5.69 Å². The Balaban J connectivity index is 1.64. The number of pyridine rings is 1. The minimum Gasteiger partial charge on any atom is -0.465 e. The number of hydrogen-bond acceptors (Lipinski definition) is 5. The number of anilines is 1. The lowest BCUT2D eigenvalue weighted by atomic mass is 10.3. The van der Waals surface area contributed by atoms with Gasteiger partial charge in [0, 0.05) is 6.08 Å². The van der Waals surface area contributed by atoms with Crippen LogP contribution in [0.3, 0.4) is 0 Å². The summed E-state index contributed by atoms with van der Waals surface area (Å²) in [5.74, 6) is 0.975. The molecule has 1 amide bonds. The summed E-state index contributed by atoms with van der Waals surface area (Å²) in [5.41, 5.74) is 0.591. The highest BCUT2D eigenvalue weighted by Gasteiger charge is 2.01. The predicted octanol–water partition coefficient (Wildman–Crippen LogP) is 1.91. The first kappa shape index (κ1) is 12.8. The number of furan rings is 1. The Kier molecular flexibility index (Phi) is 3.55. The third kappa shape index (κ3) is 3.21. The highest BCUT2D eigenvalue weighted by atomic mass is 16.3. The number of nitrogens with zero attached hydrogens (tertiary/aromatic N) is 4. The molecule has 3 aromatic rings. The second-order valence-electron chi connectivity index (χ2n) is 4.08. The summed E-state index contributed by atoms with van der Waals surface area (Å²) in [5, 5.41) is 6.67. The molecular weight excluding hydrogens is 270 g/mol. The molecule has 104 valence electrons. The summed E-state index contributed by atoms with van der Waals surface area (Å²) < 4.78 is 6.63. The van der Waals surface area contributed by atoms with Gasteiger partial charge in [0.1, 0.15) is 18.4 Å². The lowest BCUT2D eigenvalue weighted by Crippen LogP contribution is -2.08. The molecule has 0 aliphatic heterocycles. The van der Waals surface area contributed by atoms with Crippen LogP contribution in [-0.4, -0.2) is 25.7 Å². The van der Waals surface area contributed by atoms with Crippen molar-refractivity contribution < 1.29 is 9.21 Å².